The standard InChI is InChI=1S/C32H36ClN7O2/c1-6-39(17-18-41)24-15-16-26(21(2)19-24)35-28-29(32(3,4)5)37-40-31(28)36-30(38-40)22-11-13-23(14-12-22)34-20-42-27-10-8-7-9-25(27)33/h7-16,19,34,41H,6,17-18,20H2,1-5H3. The minimum Gasteiger partial charge on any atom is -0.472 e. The number of halogens is 1. The van der Waals surface area contributed by atoms with Crippen molar-refractivity contribution < 1.29 is 9.84 Å². The summed E-state index contributed by atoms with van der Waals surface area (Å²) in [5.41, 5.74) is 5.99. The smallest absolute Gasteiger partial charge is 0.204 e. The number of aryl methyl sites for hydroxylation is 1. The first-order valence-corrected chi connectivity index (χ1v) is 14.4. The van der Waals surface area contributed by atoms with Crippen LogP contribution in [0.2, 0.25) is 5.02 Å². The van der Waals surface area contributed by atoms with Crippen molar-refractivity contribution in [2.24, 2.45) is 15.5 Å². The fraction of sp³-hybridized carbons (Fsp3) is 0.312. The van der Waals surface area contributed by atoms with Crippen LogP contribution in [0.25, 0.3) is 11.4 Å². The lowest BCUT2D eigenvalue weighted by Gasteiger charge is -2.23. The maximum atomic E-state index is 9.42. The van der Waals surface area contributed by atoms with E-state index in [1.807, 2.05) is 61.5 Å². The van der Waals surface area contributed by atoms with Gasteiger partial charge >= 0.3 is 0 Å². The van der Waals surface area contributed by atoms with Crippen molar-refractivity contribution in [3.05, 3.63) is 83.1 Å². The van der Waals surface area contributed by atoms with E-state index in [2.05, 4.69) is 44.0 Å². The second-order valence-corrected chi connectivity index (χ2v) is 11.5. The summed E-state index contributed by atoms with van der Waals surface area (Å²) >= 11 is 6.16. The molecule has 42 heavy (non-hydrogen) atoms. The van der Waals surface area contributed by atoms with Crippen LogP contribution in [0.5, 0.6) is 5.75 Å². The first-order chi connectivity index (χ1) is 20.2. The maximum absolute atomic E-state index is 9.42. The fourth-order valence-electron chi connectivity index (χ4n) is 4.67. The Morgan fingerprint density at radius 1 is 1.07 bits per heavy atom. The van der Waals surface area contributed by atoms with Crippen LogP contribution in [-0.4, -0.2) is 57.8 Å². The van der Waals surface area contributed by atoms with E-state index in [-0.39, 0.29) is 18.8 Å². The lowest BCUT2D eigenvalue weighted by atomic mass is 9.87. The molecule has 0 saturated heterocycles. The largest absolute Gasteiger partial charge is 0.472 e. The molecule has 0 unspecified atom stereocenters. The summed E-state index contributed by atoms with van der Waals surface area (Å²) in [6.45, 7) is 12.2. The summed E-state index contributed by atoms with van der Waals surface area (Å²) in [6.07, 6.45) is 0. The number of aliphatic hydroxyl groups is 1. The van der Waals surface area contributed by atoms with Gasteiger partial charge in [-0.2, -0.15) is 5.10 Å². The van der Waals surface area contributed by atoms with Gasteiger partial charge in [0.1, 0.15) is 11.5 Å². The summed E-state index contributed by atoms with van der Waals surface area (Å²) in [5.74, 6) is 1.82. The molecule has 1 aliphatic rings. The average molecular weight is 586 g/mol. The van der Waals surface area contributed by atoms with Crippen molar-refractivity contribution in [3.8, 4) is 17.1 Å². The van der Waals surface area contributed by atoms with Gasteiger partial charge in [-0.05, 0) is 74.0 Å². The lowest BCUT2D eigenvalue weighted by molar-refractivity contribution is 0.302. The summed E-state index contributed by atoms with van der Waals surface area (Å²) < 4.78 is 5.73. The van der Waals surface area contributed by atoms with E-state index in [1.54, 1.807) is 10.9 Å². The van der Waals surface area contributed by atoms with Gasteiger partial charge in [0.2, 0.25) is 5.82 Å². The lowest BCUT2D eigenvalue weighted by Crippen LogP contribution is -2.27. The molecule has 10 heteroatoms. The number of aliphatic hydroxyl groups excluding tert-OH is 1. The first-order valence-electron chi connectivity index (χ1n) is 14.0. The number of ether oxygens (including phenoxy) is 1. The van der Waals surface area contributed by atoms with Crippen LogP contribution in [0, 0.1) is 12.3 Å². The summed E-state index contributed by atoms with van der Waals surface area (Å²) in [6, 6.07) is 21.4. The first kappa shape index (κ1) is 29.3. The Kier molecular flexibility index (Phi) is 8.61. The topological polar surface area (TPSA) is 100 Å². The molecule has 5 rings (SSSR count). The van der Waals surface area contributed by atoms with Crippen LogP contribution in [-0.2, 0) is 0 Å². The van der Waals surface area contributed by atoms with Gasteiger partial charge in [0.15, 0.2) is 12.6 Å². The van der Waals surface area contributed by atoms with Gasteiger partial charge in [0, 0.05) is 35.4 Å². The molecule has 0 amide bonds. The van der Waals surface area contributed by atoms with Crippen molar-refractivity contribution in [3.63, 3.8) is 0 Å². The van der Waals surface area contributed by atoms with E-state index in [1.165, 1.54) is 0 Å². The quantitative estimate of drug-likeness (QED) is 0.204. The molecule has 3 aromatic carbocycles. The van der Waals surface area contributed by atoms with Gasteiger partial charge in [-0.15, -0.1) is 9.89 Å². The monoisotopic (exact) mass is 585 g/mol. The molecule has 1 aromatic heterocycles. The molecule has 0 radical (unpaired) electrons. The number of likely N-dealkylation sites (N-methyl/N-ethyl adjacent to an activating group) is 1. The minimum absolute atomic E-state index is 0.109. The second-order valence-electron chi connectivity index (χ2n) is 11.1. The number of nitrogens with zero attached hydrogens (tertiary/aromatic N) is 6. The second kappa shape index (κ2) is 12.3. The molecule has 0 saturated carbocycles. The molecular weight excluding hydrogens is 550 g/mol. The average Bonchev–Trinajstić information content (AvgIpc) is 3.53. The fourth-order valence-corrected chi connectivity index (χ4v) is 4.86. The van der Waals surface area contributed by atoms with E-state index in [9.17, 15) is 5.11 Å². The zero-order valence-electron chi connectivity index (χ0n) is 24.6. The zero-order valence-corrected chi connectivity index (χ0v) is 25.4. The highest BCUT2D eigenvalue weighted by molar-refractivity contribution is 6.50. The number of para-hydroxylation sites is 1. The van der Waals surface area contributed by atoms with Crippen molar-refractivity contribution in [1.82, 2.24) is 14.9 Å². The number of hydrogen-bond acceptors (Lipinski definition) is 8. The number of nitrogens with one attached hydrogen (secondary N) is 1. The van der Waals surface area contributed by atoms with Crippen LogP contribution in [0.15, 0.2) is 76.8 Å². The van der Waals surface area contributed by atoms with Gasteiger partial charge in [0.25, 0.3) is 0 Å². The SMILES string of the molecule is CCN(CCO)c1ccc(N=C2C(C(C)(C)C)=Nn3nc(-c4ccc(NCOc5ccccc5Cl)cc4)nc32)c(C)c1. The molecule has 0 aliphatic carbocycles. The molecule has 0 spiro atoms. The van der Waals surface area contributed by atoms with Crippen LogP contribution < -0.4 is 15.0 Å². The van der Waals surface area contributed by atoms with Crippen LogP contribution >= 0.6 is 11.6 Å². The van der Waals surface area contributed by atoms with Crippen molar-refractivity contribution in [2.45, 2.75) is 34.6 Å². The third kappa shape index (κ3) is 6.32. The molecule has 0 fully saturated rings. The Morgan fingerprint density at radius 3 is 2.50 bits per heavy atom. The highest BCUT2D eigenvalue weighted by atomic mass is 35.5. The third-order valence-electron chi connectivity index (χ3n) is 6.95. The summed E-state index contributed by atoms with van der Waals surface area (Å²) in [4.78, 5) is 13.7. The van der Waals surface area contributed by atoms with Crippen LogP contribution in [0.4, 0.5) is 17.1 Å². The molecule has 0 bridgehead atoms. The van der Waals surface area contributed by atoms with Crippen LogP contribution in [0.3, 0.4) is 0 Å². The molecule has 218 valence electrons. The normalized spacial score (nSPS) is 13.7. The van der Waals surface area contributed by atoms with Crippen LogP contribution in [0.1, 0.15) is 39.1 Å². The van der Waals surface area contributed by atoms with E-state index in [0.717, 1.165) is 46.2 Å². The van der Waals surface area contributed by atoms with Gasteiger partial charge in [-0.3, -0.25) is 0 Å². The highest BCUT2D eigenvalue weighted by Gasteiger charge is 2.35. The molecular formula is C32H36ClN7O2. The number of benzene rings is 3. The van der Waals surface area contributed by atoms with Crippen molar-refractivity contribution in [1.29, 1.82) is 0 Å². The van der Waals surface area contributed by atoms with Gasteiger partial charge in [-0.1, -0.05) is 44.5 Å². The Balaban J connectivity index is 1.38. The predicted molar refractivity (Wildman–Crippen MR) is 171 cm³/mol. The third-order valence-corrected chi connectivity index (χ3v) is 7.26. The van der Waals surface area contributed by atoms with Gasteiger partial charge in [0.05, 0.1) is 23.0 Å². The number of anilines is 2. The number of hydrogen-bond donors (Lipinski definition) is 2. The zero-order chi connectivity index (χ0) is 29.9. The molecule has 2 heterocycles. The number of aromatic nitrogens is 3. The molecule has 0 atom stereocenters. The maximum Gasteiger partial charge on any atom is 0.204 e. The molecule has 1 aliphatic heterocycles. The Bertz CT molecular complexity index is 1620. The van der Waals surface area contributed by atoms with Gasteiger partial charge in [-0.25, -0.2) is 9.98 Å². The highest BCUT2D eigenvalue weighted by Crippen LogP contribution is 2.31. The number of aliphatic imine (C=N–C) groups is 1. The van der Waals surface area contributed by atoms with Crippen molar-refractivity contribution in [2.75, 3.05) is 36.6 Å². The Labute approximate surface area is 251 Å². The van der Waals surface area contributed by atoms with E-state index >= 15 is 0 Å². The van der Waals surface area contributed by atoms with E-state index in [0.29, 0.717) is 29.0 Å². The van der Waals surface area contributed by atoms with E-state index in [4.69, 9.17) is 36.5 Å². The van der Waals surface area contributed by atoms with Crippen molar-refractivity contribution >= 4 is 40.1 Å². The minimum atomic E-state index is -0.255. The molecule has 2 N–H and O–H groups in total. The number of rotatable bonds is 10. The van der Waals surface area contributed by atoms with Gasteiger partial charge < -0.3 is 20.1 Å². The predicted octanol–water partition coefficient (Wildman–Crippen LogP) is 6.56. The molecule has 9 nitrogen and oxygen atoms in total. The Hall–Kier alpha value is -4.21. The summed E-state index contributed by atoms with van der Waals surface area (Å²) in [7, 11) is 0. The summed E-state index contributed by atoms with van der Waals surface area (Å²) in [5, 5.41) is 22.7. The molecule has 4 aromatic rings. The number of fused-ring (bicyclic) bond motifs is 1. The van der Waals surface area contributed by atoms with E-state index < -0.39 is 0 Å². The Morgan fingerprint density at radius 2 is 1.83 bits per heavy atom.